The standard InChI is InChI=1S/C15H18N2O4S/c1-4-5-16-13-17-10(7-22-13)14(3)8-15(12(19)21-14)6-9(2)20-11(15)18/h4,7,9H,1,5-6,8H2,2-3H3,(H,16,17)/t9-,14+,15+/m0/s1. The number of ether oxygens (including phenoxy) is 2. The number of aromatic nitrogens is 1. The molecule has 0 unspecified atom stereocenters. The number of anilines is 1. The first-order valence-corrected chi connectivity index (χ1v) is 8.03. The third-order valence-electron chi connectivity index (χ3n) is 4.13. The van der Waals surface area contributed by atoms with E-state index in [0.717, 1.165) is 5.13 Å². The third-order valence-corrected chi connectivity index (χ3v) is 4.93. The van der Waals surface area contributed by atoms with Gasteiger partial charge in [0.05, 0.1) is 5.69 Å². The van der Waals surface area contributed by atoms with Gasteiger partial charge in [-0.3, -0.25) is 9.59 Å². The van der Waals surface area contributed by atoms with Crippen LogP contribution in [-0.2, 0) is 24.7 Å². The molecule has 1 aromatic heterocycles. The Morgan fingerprint density at radius 1 is 1.55 bits per heavy atom. The first-order chi connectivity index (χ1) is 10.4. The van der Waals surface area contributed by atoms with Gasteiger partial charge in [-0.25, -0.2) is 4.98 Å². The molecule has 0 amide bonds. The smallest absolute Gasteiger partial charge is 0.324 e. The van der Waals surface area contributed by atoms with E-state index in [-0.39, 0.29) is 12.5 Å². The maximum Gasteiger partial charge on any atom is 0.324 e. The van der Waals surface area contributed by atoms with E-state index in [1.54, 1.807) is 19.9 Å². The van der Waals surface area contributed by atoms with Crippen LogP contribution in [0.4, 0.5) is 5.13 Å². The van der Waals surface area contributed by atoms with Gasteiger partial charge in [0.25, 0.3) is 0 Å². The molecule has 1 spiro atoms. The molecule has 3 rings (SSSR count). The number of hydrogen-bond donors (Lipinski definition) is 1. The molecular formula is C15H18N2O4S. The Bertz CT molecular complexity index is 643. The van der Waals surface area contributed by atoms with E-state index >= 15 is 0 Å². The molecule has 0 saturated carbocycles. The Morgan fingerprint density at radius 3 is 2.95 bits per heavy atom. The van der Waals surface area contributed by atoms with E-state index in [4.69, 9.17) is 9.47 Å². The van der Waals surface area contributed by atoms with Gasteiger partial charge in [-0.2, -0.15) is 0 Å². The highest BCUT2D eigenvalue weighted by atomic mass is 32.1. The summed E-state index contributed by atoms with van der Waals surface area (Å²) < 4.78 is 10.7. The monoisotopic (exact) mass is 322 g/mol. The Balaban J connectivity index is 1.86. The summed E-state index contributed by atoms with van der Waals surface area (Å²) in [7, 11) is 0. The lowest BCUT2D eigenvalue weighted by atomic mass is 9.78. The van der Waals surface area contributed by atoms with Crippen LogP contribution in [0, 0.1) is 5.41 Å². The molecule has 2 fully saturated rings. The largest absolute Gasteiger partial charge is 0.462 e. The van der Waals surface area contributed by atoms with Crippen molar-refractivity contribution >= 4 is 28.4 Å². The molecule has 0 radical (unpaired) electrons. The van der Waals surface area contributed by atoms with Crippen LogP contribution in [0.1, 0.15) is 32.4 Å². The average molecular weight is 322 g/mol. The molecule has 1 aromatic rings. The third kappa shape index (κ3) is 2.20. The van der Waals surface area contributed by atoms with Gasteiger partial charge in [0.1, 0.15) is 6.10 Å². The molecule has 3 heterocycles. The number of rotatable bonds is 4. The molecule has 0 aliphatic carbocycles. The summed E-state index contributed by atoms with van der Waals surface area (Å²) in [5.41, 5.74) is -1.42. The predicted molar refractivity (Wildman–Crippen MR) is 81.5 cm³/mol. The van der Waals surface area contributed by atoms with E-state index in [0.29, 0.717) is 18.7 Å². The molecule has 118 valence electrons. The Morgan fingerprint density at radius 2 is 2.32 bits per heavy atom. The lowest BCUT2D eigenvalue weighted by molar-refractivity contribution is -0.160. The fraction of sp³-hybridized carbons (Fsp3) is 0.533. The zero-order valence-electron chi connectivity index (χ0n) is 12.5. The van der Waals surface area contributed by atoms with E-state index < -0.39 is 23.0 Å². The van der Waals surface area contributed by atoms with Crippen molar-refractivity contribution in [2.45, 2.75) is 38.4 Å². The van der Waals surface area contributed by atoms with E-state index in [1.165, 1.54) is 11.3 Å². The Hall–Kier alpha value is -1.89. The highest BCUT2D eigenvalue weighted by Gasteiger charge is 2.65. The van der Waals surface area contributed by atoms with Gasteiger partial charge in [-0.05, 0) is 13.8 Å². The number of nitrogens with one attached hydrogen (secondary N) is 1. The average Bonchev–Trinajstić information content (AvgIpc) is 3.08. The van der Waals surface area contributed by atoms with Gasteiger partial charge < -0.3 is 14.8 Å². The van der Waals surface area contributed by atoms with Gasteiger partial charge in [0, 0.05) is 24.8 Å². The Kier molecular flexibility index (Phi) is 3.47. The number of carbonyl (C=O) groups is 2. The van der Waals surface area contributed by atoms with Crippen molar-refractivity contribution in [2.75, 3.05) is 11.9 Å². The van der Waals surface area contributed by atoms with Gasteiger partial charge in [-0.15, -0.1) is 17.9 Å². The van der Waals surface area contributed by atoms with Gasteiger partial charge >= 0.3 is 11.9 Å². The molecule has 0 bridgehead atoms. The minimum absolute atomic E-state index is 0.261. The van der Waals surface area contributed by atoms with Crippen molar-refractivity contribution in [3.63, 3.8) is 0 Å². The minimum Gasteiger partial charge on any atom is -0.462 e. The van der Waals surface area contributed by atoms with Crippen LogP contribution in [0.5, 0.6) is 0 Å². The number of cyclic esters (lactones) is 2. The molecule has 6 nitrogen and oxygen atoms in total. The highest BCUT2D eigenvalue weighted by Crippen LogP contribution is 2.52. The summed E-state index contributed by atoms with van der Waals surface area (Å²) in [6.07, 6.45) is 2.12. The van der Waals surface area contributed by atoms with Crippen LogP contribution in [0.15, 0.2) is 18.0 Å². The fourth-order valence-electron chi connectivity index (χ4n) is 3.11. The van der Waals surface area contributed by atoms with Crippen LogP contribution in [-0.4, -0.2) is 29.6 Å². The normalized spacial score (nSPS) is 33.8. The van der Waals surface area contributed by atoms with Crippen molar-refractivity contribution < 1.29 is 19.1 Å². The van der Waals surface area contributed by atoms with Crippen LogP contribution in [0.2, 0.25) is 0 Å². The molecule has 22 heavy (non-hydrogen) atoms. The molecular weight excluding hydrogens is 304 g/mol. The fourth-order valence-corrected chi connectivity index (χ4v) is 3.95. The number of nitrogens with zero attached hydrogens (tertiary/aromatic N) is 1. The lowest BCUT2D eigenvalue weighted by Crippen LogP contribution is -2.31. The summed E-state index contributed by atoms with van der Waals surface area (Å²) in [4.78, 5) is 28.9. The molecule has 3 atom stereocenters. The second kappa shape index (κ2) is 5.08. The van der Waals surface area contributed by atoms with Gasteiger partial charge in [-0.1, -0.05) is 6.08 Å². The highest BCUT2D eigenvalue weighted by molar-refractivity contribution is 7.13. The number of carbonyl (C=O) groups excluding carboxylic acids is 2. The molecule has 1 N–H and O–H groups in total. The van der Waals surface area contributed by atoms with Crippen LogP contribution < -0.4 is 5.32 Å². The zero-order valence-corrected chi connectivity index (χ0v) is 13.4. The summed E-state index contributed by atoms with van der Waals surface area (Å²) in [5.74, 6) is -0.980. The summed E-state index contributed by atoms with van der Waals surface area (Å²) >= 11 is 1.43. The topological polar surface area (TPSA) is 77.5 Å². The molecule has 2 aliphatic heterocycles. The maximum absolute atomic E-state index is 12.3. The molecule has 0 aromatic carbocycles. The first kappa shape index (κ1) is 15.0. The number of thiazole rings is 1. The first-order valence-electron chi connectivity index (χ1n) is 7.15. The van der Waals surface area contributed by atoms with Crippen molar-refractivity contribution in [1.82, 2.24) is 4.98 Å². The van der Waals surface area contributed by atoms with Crippen molar-refractivity contribution in [3.05, 3.63) is 23.7 Å². The molecule has 2 saturated heterocycles. The summed E-state index contributed by atoms with van der Waals surface area (Å²) in [6, 6.07) is 0. The minimum atomic E-state index is -1.17. The number of esters is 2. The van der Waals surface area contributed by atoms with E-state index in [2.05, 4.69) is 16.9 Å². The SMILES string of the molecule is C=CCNc1nc([C@@]2(C)C[C@@]3(C[C@H](C)OC3=O)C(=O)O2)cs1. The molecule has 7 heteroatoms. The van der Waals surface area contributed by atoms with Gasteiger partial charge in [0.15, 0.2) is 16.1 Å². The number of hydrogen-bond acceptors (Lipinski definition) is 7. The van der Waals surface area contributed by atoms with Gasteiger partial charge in [0.2, 0.25) is 0 Å². The second-order valence-electron chi connectivity index (χ2n) is 6.01. The summed E-state index contributed by atoms with van der Waals surface area (Å²) in [5, 5.41) is 5.68. The van der Waals surface area contributed by atoms with Crippen LogP contribution in [0.25, 0.3) is 0 Å². The lowest BCUT2D eigenvalue weighted by Gasteiger charge is -2.20. The van der Waals surface area contributed by atoms with E-state index in [9.17, 15) is 9.59 Å². The van der Waals surface area contributed by atoms with E-state index in [1.807, 2.05) is 5.38 Å². The van der Waals surface area contributed by atoms with Crippen molar-refractivity contribution in [2.24, 2.45) is 5.41 Å². The summed E-state index contributed by atoms with van der Waals surface area (Å²) in [6.45, 7) is 7.83. The second-order valence-corrected chi connectivity index (χ2v) is 6.86. The van der Waals surface area contributed by atoms with Crippen molar-refractivity contribution in [1.29, 1.82) is 0 Å². The van der Waals surface area contributed by atoms with Crippen LogP contribution in [0.3, 0.4) is 0 Å². The molecule has 2 aliphatic rings. The predicted octanol–water partition coefficient (Wildman–Crippen LogP) is 2.22. The van der Waals surface area contributed by atoms with Crippen molar-refractivity contribution in [3.8, 4) is 0 Å². The zero-order chi connectivity index (χ0) is 16.0. The van der Waals surface area contributed by atoms with Crippen LogP contribution >= 0.6 is 11.3 Å². The quantitative estimate of drug-likeness (QED) is 0.520. The Labute approximate surface area is 132 Å². The maximum atomic E-state index is 12.3.